The molecule has 0 amide bonds. The standard InChI is InChI=1S/C15H18FNS/c1-3-17-15(12-6-7-18-10-12)9-13-8-14(16)5-4-11(13)2/h4-8,10,15,17H,3,9H2,1-2H3. The molecule has 0 fully saturated rings. The SMILES string of the molecule is CCNC(Cc1cc(F)ccc1C)c1ccsc1. The third-order valence-electron chi connectivity index (χ3n) is 3.13. The van der Waals surface area contributed by atoms with Crippen molar-refractivity contribution in [3.8, 4) is 0 Å². The molecule has 0 aliphatic carbocycles. The molecule has 2 rings (SSSR count). The van der Waals surface area contributed by atoms with Crippen LogP contribution < -0.4 is 5.32 Å². The third kappa shape index (κ3) is 3.18. The molecule has 2 aromatic rings. The predicted molar refractivity (Wildman–Crippen MR) is 75.6 cm³/mol. The minimum Gasteiger partial charge on any atom is -0.310 e. The van der Waals surface area contributed by atoms with Crippen LogP contribution in [0.25, 0.3) is 0 Å². The van der Waals surface area contributed by atoms with Crippen molar-refractivity contribution in [3.63, 3.8) is 0 Å². The van der Waals surface area contributed by atoms with Gasteiger partial charge < -0.3 is 5.32 Å². The zero-order chi connectivity index (χ0) is 13.0. The number of halogens is 1. The lowest BCUT2D eigenvalue weighted by Gasteiger charge is -2.18. The van der Waals surface area contributed by atoms with Crippen LogP contribution in [0.15, 0.2) is 35.0 Å². The van der Waals surface area contributed by atoms with Gasteiger partial charge in [0.15, 0.2) is 0 Å². The van der Waals surface area contributed by atoms with Crippen LogP contribution in [0.2, 0.25) is 0 Å². The van der Waals surface area contributed by atoms with E-state index in [1.807, 2.05) is 13.0 Å². The van der Waals surface area contributed by atoms with Crippen LogP contribution >= 0.6 is 11.3 Å². The third-order valence-corrected chi connectivity index (χ3v) is 3.83. The average molecular weight is 263 g/mol. The molecule has 0 bridgehead atoms. The minimum atomic E-state index is -0.156. The van der Waals surface area contributed by atoms with Gasteiger partial charge in [-0.15, -0.1) is 0 Å². The van der Waals surface area contributed by atoms with Gasteiger partial charge >= 0.3 is 0 Å². The van der Waals surface area contributed by atoms with Crippen LogP contribution in [0, 0.1) is 12.7 Å². The molecule has 3 heteroatoms. The fourth-order valence-electron chi connectivity index (χ4n) is 2.11. The van der Waals surface area contributed by atoms with E-state index in [0.29, 0.717) is 0 Å². The summed E-state index contributed by atoms with van der Waals surface area (Å²) in [5, 5.41) is 7.70. The maximum Gasteiger partial charge on any atom is 0.123 e. The van der Waals surface area contributed by atoms with E-state index < -0.39 is 0 Å². The van der Waals surface area contributed by atoms with Gasteiger partial charge in [-0.2, -0.15) is 11.3 Å². The highest BCUT2D eigenvalue weighted by Crippen LogP contribution is 2.23. The molecule has 0 aliphatic heterocycles. The Morgan fingerprint density at radius 1 is 1.33 bits per heavy atom. The summed E-state index contributed by atoms with van der Waals surface area (Å²) in [6, 6.07) is 7.41. The molecule has 1 atom stereocenters. The van der Waals surface area contributed by atoms with Crippen molar-refractivity contribution in [2.45, 2.75) is 26.3 Å². The summed E-state index contributed by atoms with van der Waals surface area (Å²) in [6.07, 6.45) is 0.828. The van der Waals surface area contributed by atoms with Crippen molar-refractivity contribution in [3.05, 3.63) is 57.5 Å². The molecule has 0 saturated carbocycles. The number of rotatable bonds is 5. The largest absolute Gasteiger partial charge is 0.310 e. The monoisotopic (exact) mass is 263 g/mol. The van der Waals surface area contributed by atoms with Gasteiger partial charge in [0.05, 0.1) is 0 Å². The Balaban J connectivity index is 2.21. The fraction of sp³-hybridized carbons (Fsp3) is 0.333. The lowest BCUT2D eigenvalue weighted by Crippen LogP contribution is -2.22. The van der Waals surface area contributed by atoms with E-state index in [2.05, 4.69) is 29.1 Å². The van der Waals surface area contributed by atoms with Gasteiger partial charge in [0, 0.05) is 6.04 Å². The van der Waals surface area contributed by atoms with Crippen molar-refractivity contribution in [2.24, 2.45) is 0 Å². The molecule has 0 spiro atoms. The second-order valence-corrected chi connectivity index (χ2v) is 5.22. The molecule has 0 saturated heterocycles. The Bertz CT molecular complexity index is 493. The van der Waals surface area contributed by atoms with Crippen molar-refractivity contribution in [1.29, 1.82) is 0 Å². The van der Waals surface area contributed by atoms with Gasteiger partial charge in [0.2, 0.25) is 0 Å². The first-order valence-electron chi connectivity index (χ1n) is 6.21. The van der Waals surface area contributed by atoms with Gasteiger partial charge in [0.25, 0.3) is 0 Å². The zero-order valence-electron chi connectivity index (χ0n) is 10.7. The molecule has 1 heterocycles. The average Bonchev–Trinajstić information content (AvgIpc) is 2.87. The van der Waals surface area contributed by atoms with Crippen LogP contribution in [-0.2, 0) is 6.42 Å². The fourth-order valence-corrected chi connectivity index (χ4v) is 2.82. The van der Waals surface area contributed by atoms with Gasteiger partial charge in [-0.3, -0.25) is 0 Å². The van der Waals surface area contributed by atoms with Gasteiger partial charge in [-0.25, -0.2) is 4.39 Å². The van der Waals surface area contributed by atoms with Crippen molar-refractivity contribution >= 4 is 11.3 Å². The smallest absolute Gasteiger partial charge is 0.123 e. The summed E-state index contributed by atoms with van der Waals surface area (Å²) in [6.45, 7) is 5.04. The molecular weight excluding hydrogens is 245 g/mol. The Kier molecular flexibility index (Phi) is 4.50. The summed E-state index contributed by atoms with van der Waals surface area (Å²) in [7, 11) is 0. The van der Waals surface area contributed by atoms with Crippen LogP contribution in [-0.4, -0.2) is 6.54 Å². The Morgan fingerprint density at radius 3 is 2.83 bits per heavy atom. The highest BCUT2D eigenvalue weighted by molar-refractivity contribution is 7.07. The van der Waals surface area contributed by atoms with Crippen molar-refractivity contribution < 1.29 is 4.39 Å². The van der Waals surface area contributed by atoms with Gasteiger partial charge in [0.1, 0.15) is 5.82 Å². The summed E-state index contributed by atoms with van der Waals surface area (Å²) in [5.41, 5.74) is 3.51. The number of likely N-dealkylation sites (N-methyl/N-ethyl adjacent to an activating group) is 1. The van der Waals surface area contributed by atoms with E-state index in [-0.39, 0.29) is 11.9 Å². The molecule has 1 N–H and O–H groups in total. The molecule has 0 aliphatic rings. The summed E-state index contributed by atoms with van der Waals surface area (Å²) >= 11 is 1.70. The van der Waals surface area contributed by atoms with Crippen LogP contribution in [0.3, 0.4) is 0 Å². The van der Waals surface area contributed by atoms with Crippen LogP contribution in [0.1, 0.15) is 29.7 Å². The molecule has 1 aromatic heterocycles. The Labute approximate surface area is 112 Å². The lowest BCUT2D eigenvalue weighted by atomic mass is 9.97. The predicted octanol–water partition coefficient (Wildman–Crippen LogP) is 4.09. The zero-order valence-corrected chi connectivity index (χ0v) is 11.6. The van der Waals surface area contributed by atoms with Crippen LogP contribution in [0.5, 0.6) is 0 Å². The summed E-state index contributed by atoms with van der Waals surface area (Å²) in [4.78, 5) is 0. The first kappa shape index (κ1) is 13.2. The number of hydrogen-bond donors (Lipinski definition) is 1. The lowest BCUT2D eigenvalue weighted by molar-refractivity contribution is 0.547. The van der Waals surface area contributed by atoms with Crippen LogP contribution in [0.4, 0.5) is 4.39 Å². The first-order chi connectivity index (χ1) is 8.70. The van der Waals surface area contributed by atoms with Crippen molar-refractivity contribution in [1.82, 2.24) is 5.32 Å². The number of benzene rings is 1. The second-order valence-electron chi connectivity index (χ2n) is 4.44. The van der Waals surface area contributed by atoms with E-state index in [9.17, 15) is 4.39 Å². The molecule has 18 heavy (non-hydrogen) atoms. The minimum absolute atomic E-state index is 0.156. The molecule has 0 radical (unpaired) electrons. The number of thiophene rings is 1. The van der Waals surface area contributed by atoms with E-state index in [1.165, 1.54) is 11.6 Å². The van der Waals surface area contributed by atoms with E-state index in [0.717, 1.165) is 24.1 Å². The number of hydrogen-bond acceptors (Lipinski definition) is 2. The molecule has 1 aromatic carbocycles. The topological polar surface area (TPSA) is 12.0 Å². The van der Waals surface area contributed by atoms with E-state index >= 15 is 0 Å². The Morgan fingerprint density at radius 2 is 2.17 bits per heavy atom. The highest BCUT2D eigenvalue weighted by atomic mass is 32.1. The molecular formula is C15H18FNS. The summed E-state index contributed by atoms with van der Waals surface area (Å²) < 4.78 is 13.3. The second kappa shape index (κ2) is 6.12. The van der Waals surface area contributed by atoms with Gasteiger partial charge in [-0.1, -0.05) is 13.0 Å². The molecule has 1 unspecified atom stereocenters. The Hall–Kier alpha value is -1.19. The number of nitrogens with one attached hydrogen (secondary N) is 1. The molecule has 1 nitrogen and oxygen atoms in total. The molecule has 96 valence electrons. The first-order valence-corrected chi connectivity index (χ1v) is 7.15. The van der Waals surface area contributed by atoms with E-state index in [4.69, 9.17) is 0 Å². The quantitative estimate of drug-likeness (QED) is 0.856. The summed E-state index contributed by atoms with van der Waals surface area (Å²) in [5.74, 6) is -0.156. The maximum absolute atomic E-state index is 13.3. The van der Waals surface area contributed by atoms with E-state index in [1.54, 1.807) is 17.4 Å². The van der Waals surface area contributed by atoms with Crippen molar-refractivity contribution in [2.75, 3.05) is 6.54 Å². The van der Waals surface area contributed by atoms with Gasteiger partial charge in [-0.05, 0) is 65.5 Å². The normalized spacial score (nSPS) is 12.6. The number of aryl methyl sites for hydroxylation is 1. The maximum atomic E-state index is 13.3. The highest BCUT2D eigenvalue weighted by Gasteiger charge is 2.13.